The van der Waals surface area contributed by atoms with Crippen LogP contribution in [0.4, 0.5) is 0 Å². The smallest absolute Gasteiger partial charge is 0.266 e. The normalized spacial score (nSPS) is 11.3. The van der Waals surface area contributed by atoms with Crippen LogP contribution in [0.15, 0.2) is 44.7 Å². The molecule has 0 saturated heterocycles. The average Bonchev–Trinajstić information content (AvgIpc) is 2.44. The molecule has 0 aliphatic rings. The van der Waals surface area contributed by atoms with Crippen molar-refractivity contribution in [3.8, 4) is 6.07 Å². The minimum absolute atomic E-state index is 0.132. The first-order valence-corrected chi connectivity index (χ1v) is 7.18. The minimum atomic E-state index is -0.383. The number of rotatable bonds is 2. The number of nitrogens with zero attached hydrogens (tertiary/aromatic N) is 3. The molecule has 0 amide bonds. The fourth-order valence-electron chi connectivity index (χ4n) is 2.04. The van der Waals surface area contributed by atoms with Gasteiger partial charge in [-0.05, 0) is 50.1 Å². The molecule has 0 spiro atoms. The second kappa shape index (κ2) is 6.06. The minimum Gasteiger partial charge on any atom is -0.266 e. The lowest BCUT2D eigenvalue weighted by Gasteiger charge is -2.08. The van der Waals surface area contributed by atoms with Crippen LogP contribution < -0.4 is 5.56 Å². The summed E-state index contributed by atoms with van der Waals surface area (Å²) in [6.45, 7) is 5.39. The molecule has 0 saturated carbocycles. The number of nitriles is 1. The number of pyridine rings is 1. The molecule has 1 aromatic heterocycles. The van der Waals surface area contributed by atoms with Crippen LogP contribution in [-0.2, 0) is 0 Å². The van der Waals surface area contributed by atoms with Crippen LogP contribution in [0.5, 0.6) is 0 Å². The van der Waals surface area contributed by atoms with Gasteiger partial charge in [0.25, 0.3) is 5.56 Å². The highest BCUT2D eigenvalue weighted by atomic mass is 79.9. The van der Waals surface area contributed by atoms with E-state index in [4.69, 9.17) is 5.26 Å². The number of halogens is 1. The largest absolute Gasteiger partial charge is 0.289 e. The summed E-state index contributed by atoms with van der Waals surface area (Å²) in [5, 5.41) is 13.4. The molecule has 0 aliphatic carbocycles. The summed E-state index contributed by atoms with van der Waals surface area (Å²) in [7, 11) is 0. The Balaban J connectivity index is 2.58. The third kappa shape index (κ3) is 3.11. The Kier molecular flexibility index (Phi) is 4.39. The Morgan fingerprint density at radius 1 is 1.29 bits per heavy atom. The fourth-order valence-corrected chi connectivity index (χ4v) is 2.30. The van der Waals surface area contributed by atoms with Crippen LogP contribution in [-0.4, -0.2) is 10.4 Å². The van der Waals surface area contributed by atoms with Crippen LogP contribution in [0.2, 0.25) is 0 Å². The van der Waals surface area contributed by atoms with E-state index in [0.29, 0.717) is 17.0 Å². The van der Waals surface area contributed by atoms with Crippen LogP contribution in [0.3, 0.4) is 0 Å². The van der Waals surface area contributed by atoms with E-state index < -0.39 is 0 Å². The van der Waals surface area contributed by atoms with Crippen molar-refractivity contribution in [2.24, 2.45) is 5.10 Å². The van der Waals surface area contributed by atoms with Gasteiger partial charge in [-0.1, -0.05) is 28.1 Å². The van der Waals surface area contributed by atoms with Crippen molar-refractivity contribution >= 4 is 21.6 Å². The SMILES string of the molecule is CC(=Nn1c(C)cc(C)c(C#N)c1=O)c1ccc(Br)cc1. The summed E-state index contributed by atoms with van der Waals surface area (Å²) in [4.78, 5) is 12.3. The second-order valence-electron chi connectivity index (χ2n) is 4.76. The van der Waals surface area contributed by atoms with Gasteiger partial charge in [0.15, 0.2) is 0 Å². The van der Waals surface area contributed by atoms with Gasteiger partial charge in [-0.15, -0.1) is 0 Å². The van der Waals surface area contributed by atoms with Crippen molar-refractivity contribution in [1.29, 1.82) is 5.26 Å². The summed E-state index contributed by atoms with van der Waals surface area (Å²) in [6, 6.07) is 11.4. The van der Waals surface area contributed by atoms with Gasteiger partial charge >= 0.3 is 0 Å². The zero-order valence-electron chi connectivity index (χ0n) is 12.0. The van der Waals surface area contributed by atoms with E-state index in [0.717, 1.165) is 10.0 Å². The molecule has 1 aromatic carbocycles. The first-order valence-electron chi connectivity index (χ1n) is 6.39. The van der Waals surface area contributed by atoms with Gasteiger partial charge in [0.1, 0.15) is 11.6 Å². The quantitative estimate of drug-likeness (QED) is 0.785. The summed E-state index contributed by atoms with van der Waals surface area (Å²) in [5.74, 6) is 0. The lowest BCUT2D eigenvalue weighted by molar-refractivity contribution is 0.781. The Labute approximate surface area is 131 Å². The maximum atomic E-state index is 12.3. The van der Waals surface area contributed by atoms with Crippen molar-refractivity contribution in [3.63, 3.8) is 0 Å². The van der Waals surface area contributed by atoms with Crippen LogP contribution in [0.1, 0.15) is 29.3 Å². The van der Waals surface area contributed by atoms with Gasteiger partial charge < -0.3 is 0 Å². The topological polar surface area (TPSA) is 58.1 Å². The molecule has 2 aromatic rings. The lowest BCUT2D eigenvalue weighted by atomic mass is 10.1. The summed E-state index contributed by atoms with van der Waals surface area (Å²) >= 11 is 3.38. The van der Waals surface area contributed by atoms with Gasteiger partial charge in [-0.2, -0.15) is 10.4 Å². The van der Waals surface area contributed by atoms with E-state index in [1.54, 1.807) is 19.9 Å². The third-order valence-corrected chi connectivity index (χ3v) is 3.71. The molecule has 2 rings (SSSR count). The van der Waals surface area contributed by atoms with E-state index in [9.17, 15) is 4.79 Å². The molecule has 4 nitrogen and oxygen atoms in total. The Morgan fingerprint density at radius 2 is 1.90 bits per heavy atom. The molecule has 5 heteroatoms. The molecule has 0 unspecified atom stereocenters. The second-order valence-corrected chi connectivity index (χ2v) is 5.68. The summed E-state index contributed by atoms with van der Waals surface area (Å²) in [6.07, 6.45) is 0. The number of aromatic nitrogens is 1. The van der Waals surface area contributed by atoms with Crippen molar-refractivity contribution < 1.29 is 0 Å². The lowest BCUT2D eigenvalue weighted by Crippen LogP contribution is -2.23. The molecule has 21 heavy (non-hydrogen) atoms. The highest BCUT2D eigenvalue weighted by Gasteiger charge is 2.10. The van der Waals surface area contributed by atoms with Crippen LogP contribution >= 0.6 is 15.9 Å². The highest BCUT2D eigenvalue weighted by Crippen LogP contribution is 2.12. The van der Waals surface area contributed by atoms with Gasteiger partial charge in [0.05, 0.1) is 5.71 Å². The molecular formula is C16H14BrN3O. The first-order chi connectivity index (χ1) is 9.93. The predicted molar refractivity (Wildman–Crippen MR) is 86.6 cm³/mol. The van der Waals surface area contributed by atoms with Gasteiger partial charge in [0.2, 0.25) is 0 Å². The first kappa shape index (κ1) is 15.2. The molecular weight excluding hydrogens is 330 g/mol. The molecule has 0 bridgehead atoms. The van der Waals surface area contributed by atoms with Crippen LogP contribution in [0, 0.1) is 25.2 Å². The zero-order valence-corrected chi connectivity index (χ0v) is 13.6. The molecule has 0 fully saturated rings. The molecule has 0 radical (unpaired) electrons. The fraction of sp³-hybridized carbons (Fsp3) is 0.188. The Hall–Kier alpha value is -2.19. The number of benzene rings is 1. The summed E-state index contributed by atoms with van der Waals surface area (Å²) in [5.41, 5.74) is 2.75. The summed E-state index contributed by atoms with van der Waals surface area (Å²) < 4.78 is 2.26. The van der Waals surface area contributed by atoms with E-state index in [-0.39, 0.29) is 11.1 Å². The monoisotopic (exact) mass is 343 g/mol. The van der Waals surface area contributed by atoms with Crippen molar-refractivity contribution in [1.82, 2.24) is 4.68 Å². The van der Waals surface area contributed by atoms with Gasteiger partial charge in [-0.25, -0.2) is 4.68 Å². The van der Waals surface area contributed by atoms with E-state index in [1.165, 1.54) is 4.68 Å². The zero-order chi connectivity index (χ0) is 15.6. The molecule has 1 heterocycles. The maximum absolute atomic E-state index is 12.3. The van der Waals surface area contributed by atoms with Gasteiger partial charge in [-0.3, -0.25) is 4.79 Å². The highest BCUT2D eigenvalue weighted by molar-refractivity contribution is 9.10. The standard InChI is InChI=1S/C16H14BrN3O/c1-10-8-11(2)20(16(21)15(10)9-18)19-12(3)13-4-6-14(17)7-5-13/h4-8H,1-3H3. The average molecular weight is 344 g/mol. The molecule has 106 valence electrons. The Bertz CT molecular complexity index is 811. The molecule has 0 aliphatic heterocycles. The number of hydrogen-bond acceptors (Lipinski definition) is 3. The maximum Gasteiger partial charge on any atom is 0.289 e. The molecule has 0 atom stereocenters. The third-order valence-electron chi connectivity index (χ3n) is 3.18. The predicted octanol–water partition coefficient (Wildman–Crippen LogP) is 3.37. The van der Waals surface area contributed by atoms with E-state index >= 15 is 0 Å². The van der Waals surface area contributed by atoms with Gasteiger partial charge in [0, 0.05) is 10.2 Å². The number of aryl methyl sites for hydroxylation is 2. The van der Waals surface area contributed by atoms with Crippen LogP contribution in [0.25, 0.3) is 0 Å². The molecule has 0 N–H and O–H groups in total. The Morgan fingerprint density at radius 3 is 2.48 bits per heavy atom. The van der Waals surface area contributed by atoms with E-state index in [2.05, 4.69) is 21.0 Å². The number of hydrogen-bond donors (Lipinski definition) is 0. The van der Waals surface area contributed by atoms with Crippen molar-refractivity contribution in [2.45, 2.75) is 20.8 Å². The van der Waals surface area contributed by atoms with Crippen molar-refractivity contribution in [3.05, 3.63) is 67.5 Å². The van der Waals surface area contributed by atoms with Crippen molar-refractivity contribution in [2.75, 3.05) is 0 Å². The van der Waals surface area contributed by atoms with E-state index in [1.807, 2.05) is 37.3 Å².